The Morgan fingerprint density at radius 1 is 1.24 bits per heavy atom. The molecule has 0 radical (unpaired) electrons. The van der Waals surface area contributed by atoms with Gasteiger partial charge in [-0.3, -0.25) is 9.59 Å². The number of hydrogen-bond donors (Lipinski definition) is 2. The van der Waals surface area contributed by atoms with Crippen LogP contribution in [0.5, 0.6) is 0 Å². The van der Waals surface area contributed by atoms with Crippen LogP contribution >= 0.6 is 12.4 Å². The summed E-state index contributed by atoms with van der Waals surface area (Å²) in [6, 6.07) is 6.85. The number of carbonyl (C=O) groups excluding carboxylic acids is 2. The molecule has 1 aromatic carbocycles. The lowest BCUT2D eigenvalue weighted by Crippen LogP contribution is -2.27. The molecule has 0 bridgehead atoms. The van der Waals surface area contributed by atoms with Crippen molar-refractivity contribution in [2.24, 2.45) is 5.73 Å². The first-order valence-corrected chi connectivity index (χ1v) is 7.01. The predicted octanol–water partition coefficient (Wildman–Crippen LogP) is 2.02. The lowest BCUT2D eigenvalue weighted by molar-refractivity contribution is -0.116. The van der Waals surface area contributed by atoms with E-state index in [1.54, 1.807) is 31.2 Å². The second-order valence-corrected chi connectivity index (χ2v) is 5.31. The second-order valence-electron chi connectivity index (χ2n) is 5.31. The average Bonchev–Trinajstić information content (AvgIpc) is 2.91. The zero-order valence-electron chi connectivity index (χ0n) is 12.2. The standard InChI is InChI=1S/C15H21N3O2.ClH/c1-11(16)10-14(19)17-13-6-4-12(5-7-13)15(20)18-8-2-3-9-18;/h4-7,11H,2-3,8-10,16H2,1H3,(H,17,19);1H. The number of nitrogens with one attached hydrogen (secondary N) is 1. The molecule has 0 aromatic heterocycles. The fourth-order valence-electron chi connectivity index (χ4n) is 2.30. The number of likely N-dealkylation sites (tertiary alicyclic amines) is 1. The number of carbonyl (C=O) groups is 2. The quantitative estimate of drug-likeness (QED) is 0.893. The lowest BCUT2D eigenvalue weighted by Gasteiger charge is -2.15. The second kappa shape index (κ2) is 8.00. The Bertz CT molecular complexity index is 482. The molecule has 1 atom stereocenters. The van der Waals surface area contributed by atoms with Gasteiger partial charge in [-0.25, -0.2) is 0 Å². The molecule has 1 aliphatic heterocycles. The van der Waals surface area contributed by atoms with Gasteiger partial charge in [0.25, 0.3) is 5.91 Å². The summed E-state index contributed by atoms with van der Waals surface area (Å²) in [5.41, 5.74) is 6.92. The van der Waals surface area contributed by atoms with E-state index in [0.717, 1.165) is 25.9 Å². The Kier molecular flexibility index (Phi) is 6.65. The van der Waals surface area contributed by atoms with Crippen LogP contribution < -0.4 is 11.1 Å². The lowest BCUT2D eigenvalue weighted by atomic mass is 10.1. The van der Waals surface area contributed by atoms with E-state index in [2.05, 4.69) is 5.32 Å². The Labute approximate surface area is 131 Å². The molecule has 0 saturated carbocycles. The summed E-state index contributed by atoms with van der Waals surface area (Å²) in [7, 11) is 0. The van der Waals surface area contributed by atoms with Crippen LogP contribution in [0.2, 0.25) is 0 Å². The Morgan fingerprint density at radius 2 is 1.81 bits per heavy atom. The molecule has 5 nitrogen and oxygen atoms in total. The van der Waals surface area contributed by atoms with Crippen molar-refractivity contribution < 1.29 is 9.59 Å². The van der Waals surface area contributed by atoms with Gasteiger partial charge in [0.05, 0.1) is 0 Å². The van der Waals surface area contributed by atoms with Crippen LogP contribution in [-0.4, -0.2) is 35.8 Å². The van der Waals surface area contributed by atoms with Gasteiger partial charge in [-0.05, 0) is 44.0 Å². The van der Waals surface area contributed by atoms with Gasteiger partial charge >= 0.3 is 0 Å². The number of hydrogen-bond acceptors (Lipinski definition) is 3. The van der Waals surface area contributed by atoms with Crippen LogP contribution in [0.1, 0.15) is 36.5 Å². The molecule has 1 saturated heterocycles. The SMILES string of the molecule is CC(N)CC(=O)Nc1ccc(C(=O)N2CCCC2)cc1.Cl. The van der Waals surface area contributed by atoms with Crippen LogP contribution in [0, 0.1) is 0 Å². The van der Waals surface area contributed by atoms with Crippen LogP contribution in [0.25, 0.3) is 0 Å². The minimum absolute atomic E-state index is 0. The highest BCUT2D eigenvalue weighted by Gasteiger charge is 2.19. The normalized spacial score (nSPS) is 15.2. The number of amides is 2. The number of anilines is 1. The van der Waals surface area contributed by atoms with Crippen molar-refractivity contribution >= 4 is 29.9 Å². The van der Waals surface area contributed by atoms with Gasteiger partial charge < -0.3 is 16.0 Å². The molecule has 1 fully saturated rings. The first-order chi connectivity index (χ1) is 9.56. The van der Waals surface area contributed by atoms with Gasteiger partial charge in [0.2, 0.25) is 5.91 Å². The maximum Gasteiger partial charge on any atom is 0.253 e. The van der Waals surface area contributed by atoms with E-state index >= 15 is 0 Å². The maximum absolute atomic E-state index is 12.1. The smallest absolute Gasteiger partial charge is 0.253 e. The molecule has 1 unspecified atom stereocenters. The first kappa shape index (κ1) is 17.5. The number of benzene rings is 1. The Morgan fingerprint density at radius 3 is 2.33 bits per heavy atom. The highest BCUT2D eigenvalue weighted by atomic mass is 35.5. The average molecular weight is 312 g/mol. The third-order valence-corrected chi connectivity index (χ3v) is 3.32. The molecular formula is C15H22ClN3O2. The van der Waals surface area contributed by atoms with E-state index in [-0.39, 0.29) is 36.7 Å². The van der Waals surface area contributed by atoms with Crippen LogP contribution in [-0.2, 0) is 4.79 Å². The molecule has 2 rings (SSSR count). The molecule has 1 aromatic rings. The third-order valence-electron chi connectivity index (χ3n) is 3.32. The van der Waals surface area contributed by atoms with Gasteiger partial charge in [0.1, 0.15) is 0 Å². The number of nitrogens with zero attached hydrogens (tertiary/aromatic N) is 1. The van der Waals surface area contributed by atoms with E-state index in [4.69, 9.17) is 5.73 Å². The summed E-state index contributed by atoms with van der Waals surface area (Å²) >= 11 is 0. The fourth-order valence-corrected chi connectivity index (χ4v) is 2.30. The summed E-state index contributed by atoms with van der Waals surface area (Å²) in [6.45, 7) is 3.47. The molecule has 0 aliphatic carbocycles. The summed E-state index contributed by atoms with van der Waals surface area (Å²) in [4.78, 5) is 25.6. The van der Waals surface area contributed by atoms with Crippen LogP contribution in [0.4, 0.5) is 5.69 Å². The van der Waals surface area contributed by atoms with E-state index in [1.807, 2.05) is 4.90 Å². The molecule has 21 heavy (non-hydrogen) atoms. The van der Waals surface area contributed by atoms with Gasteiger partial charge in [-0.15, -0.1) is 12.4 Å². The molecule has 116 valence electrons. The number of rotatable bonds is 4. The van der Waals surface area contributed by atoms with Crippen LogP contribution in [0.15, 0.2) is 24.3 Å². The summed E-state index contributed by atoms with van der Waals surface area (Å²) < 4.78 is 0. The van der Waals surface area contributed by atoms with Crippen LogP contribution in [0.3, 0.4) is 0 Å². The predicted molar refractivity (Wildman–Crippen MR) is 85.7 cm³/mol. The zero-order chi connectivity index (χ0) is 14.5. The molecule has 3 N–H and O–H groups in total. The van der Waals surface area contributed by atoms with Gasteiger partial charge in [-0.1, -0.05) is 0 Å². The Balaban J connectivity index is 0.00000220. The first-order valence-electron chi connectivity index (χ1n) is 7.01. The van der Waals surface area contributed by atoms with E-state index in [9.17, 15) is 9.59 Å². The number of halogens is 1. The van der Waals surface area contributed by atoms with Crippen molar-refractivity contribution in [3.8, 4) is 0 Å². The van der Waals surface area contributed by atoms with Crippen molar-refractivity contribution in [1.29, 1.82) is 0 Å². The van der Waals surface area contributed by atoms with Crippen molar-refractivity contribution in [2.45, 2.75) is 32.2 Å². The van der Waals surface area contributed by atoms with Crippen molar-refractivity contribution in [1.82, 2.24) is 4.90 Å². The third kappa shape index (κ3) is 5.02. The highest BCUT2D eigenvalue weighted by Crippen LogP contribution is 2.15. The summed E-state index contributed by atoms with van der Waals surface area (Å²) in [6.07, 6.45) is 2.45. The fraction of sp³-hybridized carbons (Fsp3) is 0.467. The molecule has 0 spiro atoms. The molecule has 1 aliphatic rings. The topological polar surface area (TPSA) is 75.4 Å². The van der Waals surface area contributed by atoms with Gasteiger partial charge in [-0.2, -0.15) is 0 Å². The van der Waals surface area contributed by atoms with E-state index < -0.39 is 0 Å². The largest absolute Gasteiger partial charge is 0.339 e. The summed E-state index contributed by atoms with van der Waals surface area (Å²) in [5.74, 6) is -0.0467. The van der Waals surface area contributed by atoms with Gasteiger partial charge in [0, 0.05) is 36.8 Å². The molecule has 6 heteroatoms. The highest BCUT2D eigenvalue weighted by molar-refractivity contribution is 5.96. The van der Waals surface area contributed by atoms with Gasteiger partial charge in [0.15, 0.2) is 0 Å². The molecule has 1 heterocycles. The number of nitrogens with two attached hydrogens (primary N) is 1. The van der Waals surface area contributed by atoms with E-state index in [0.29, 0.717) is 11.3 Å². The molecule has 2 amide bonds. The van der Waals surface area contributed by atoms with Crippen molar-refractivity contribution in [2.75, 3.05) is 18.4 Å². The van der Waals surface area contributed by atoms with Crippen molar-refractivity contribution in [3.63, 3.8) is 0 Å². The summed E-state index contributed by atoms with van der Waals surface area (Å²) in [5, 5.41) is 2.77. The monoisotopic (exact) mass is 311 g/mol. The zero-order valence-corrected chi connectivity index (χ0v) is 13.0. The minimum atomic E-state index is -0.161. The maximum atomic E-state index is 12.1. The molecular weight excluding hydrogens is 290 g/mol. The van der Waals surface area contributed by atoms with E-state index in [1.165, 1.54) is 0 Å². The Hall–Kier alpha value is -1.59. The van der Waals surface area contributed by atoms with Crippen molar-refractivity contribution in [3.05, 3.63) is 29.8 Å². The minimum Gasteiger partial charge on any atom is -0.339 e.